The molecule has 4 aromatic rings. The molecular weight excluding hydrogens is 530 g/mol. The molecule has 0 atom stereocenters. The lowest BCUT2D eigenvalue weighted by molar-refractivity contribution is 0.416. The molecule has 224 valence electrons. The molecule has 0 unspecified atom stereocenters. The van der Waals surface area contributed by atoms with Crippen molar-refractivity contribution in [2.45, 2.75) is 73.6 Å². The van der Waals surface area contributed by atoms with Crippen molar-refractivity contribution in [3.8, 4) is 34.1 Å². The maximum Gasteiger partial charge on any atom is 0.190 e. The smallest absolute Gasteiger partial charge is 0.190 e. The predicted octanol–water partition coefficient (Wildman–Crippen LogP) is 9.16. The summed E-state index contributed by atoms with van der Waals surface area (Å²) in [5.74, 6) is 0.734. The number of nitriles is 1. The Kier molecular flexibility index (Phi) is 11.4. The molecule has 4 heteroatoms. The van der Waals surface area contributed by atoms with E-state index < -0.39 is 0 Å². The molecule has 0 spiro atoms. The molecule has 0 saturated carbocycles. The lowest BCUT2D eigenvalue weighted by Gasteiger charge is -2.17. The average Bonchev–Trinajstić information content (AvgIpc) is 3.24. The van der Waals surface area contributed by atoms with Crippen molar-refractivity contribution in [2.24, 2.45) is 0 Å². The molecule has 4 nitrogen and oxygen atoms in total. The van der Waals surface area contributed by atoms with Crippen LogP contribution in [0.4, 0.5) is 0 Å². The summed E-state index contributed by atoms with van der Waals surface area (Å²) in [7, 11) is 1.64. The van der Waals surface area contributed by atoms with Gasteiger partial charge in [-0.05, 0) is 47.9 Å². The summed E-state index contributed by atoms with van der Waals surface area (Å²) >= 11 is 0. The van der Waals surface area contributed by atoms with Crippen LogP contribution in [0, 0.1) is 25.2 Å². The summed E-state index contributed by atoms with van der Waals surface area (Å²) in [6, 6.07) is 28.7. The minimum atomic E-state index is -0.234. The van der Waals surface area contributed by atoms with Gasteiger partial charge < -0.3 is 4.74 Å². The van der Waals surface area contributed by atoms with E-state index in [2.05, 4.69) is 26.8 Å². The van der Waals surface area contributed by atoms with Crippen LogP contribution in [0.1, 0.15) is 76.8 Å². The lowest BCUT2D eigenvalue weighted by Crippen LogP contribution is -2.22. The highest BCUT2D eigenvalue weighted by atomic mass is 16.5. The predicted molar refractivity (Wildman–Crippen MR) is 181 cm³/mol. The zero-order valence-corrected chi connectivity index (χ0v) is 26.3. The Balaban J connectivity index is 0.000000293. The van der Waals surface area contributed by atoms with Gasteiger partial charge in [0, 0.05) is 33.4 Å². The minimum Gasteiger partial charge on any atom is -0.496 e. The summed E-state index contributed by atoms with van der Waals surface area (Å²) in [4.78, 5) is 25.8. The lowest BCUT2D eigenvalue weighted by atomic mass is 9.86. The van der Waals surface area contributed by atoms with Gasteiger partial charge in [-0.15, -0.1) is 0 Å². The van der Waals surface area contributed by atoms with Gasteiger partial charge in [0.25, 0.3) is 0 Å². The fourth-order valence-electron chi connectivity index (χ4n) is 4.81. The van der Waals surface area contributed by atoms with Gasteiger partial charge >= 0.3 is 0 Å². The summed E-state index contributed by atoms with van der Waals surface area (Å²) in [6.45, 7) is 16.2. The molecule has 0 aliphatic rings. The average molecular weight is 576 g/mol. The number of methoxy groups -OCH3 is 1. The molecule has 43 heavy (non-hydrogen) atoms. The van der Waals surface area contributed by atoms with E-state index in [0.29, 0.717) is 22.3 Å². The molecular formula is C39H45NO3. The van der Waals surface area contributed by atoms with E-state index in [1.807, 2.05) is 113 Å². The second-order valence-electron chi connectivity index (χ2n) is 12.6. The van der Waals surface area contributed by atoms with Crippen LogP contribution < -0.4 is 15.6 Å². The summed E-state index contributed by atoms with van der Waals surface area (Å²) in [6.07, 6.45) is 0. The number of ether oxygens (including phenoxy) is 1. The van der Waals surface area contributed by atoms with Crippen LogP contribution in [0.3, 0.4) is 0 Å². The summed E-state index contributed by atoms with van der Waals surface area (Å²) in [5.41, 5.74) is 6.68. The molecule has 0 amide bonds. The van der Waals surface area contributed by atoms with Gasteiger partial charge in [0.1, 0.15) is 5.75 Å². The van der Waals surface area contributed by atoms with Crippen LogP contribution in [0.25, 0.3) is 22.3 Å². The van der Waals surface area contributed by atoms with Gasteiger partial charge in [0.05, 0.1) is 18.7 Å². The first kappa shape index (κ1) is 34.7. The van der Waals surface area contributed by atoms with Crippen molar-refractivity contribution in [1.29, 1.82) is 5.26 Å². The van der Waals surface area contributed by atoms with Crippen LogP contribution in [0.2, 0.25) is 0 Å². The molecule has 0 fully saturated rings. The van der Waals surface area contributed by atoms with E-state index in [1.165, 1.54) is 0 Å². The SMILES string of the molecule is C.COc1cc(C)ccc1-c1ccccc(C(C)(C)C)c1=O.Cc1ccc(-c2ccccc(C(C)(C)C)c2=O)c(C#N)c1. The van der Waals surface area contributed by atoms with Gasteiger partial charge in [-0.25, -0.2) is 0 Å². The first-order chi connectivity index (χ1) is 19.7. The third kappa shape index (κ3) is 8.30. The molecule has 0 aromatic heterocycles. The first-order valence-electron chi connectivity index (χ1n) is 14.1. The Bertz CT molecular complexity index is 1750. The third-order valence-corrected chi connectivity index (χ3v) is 7.10. The Morgan fingerprint density at radius 1 is 0.605 bits per heavy atom. The first-order valence-corrected chi connectivity index (χ1v) is 14.1. The Morgan fingerprint density at radius 2 is 1.02 bits per heavy atom. The largest absolute Gasteiger partial charge is 0.496 e. The van der Waals surface area contributed by atoms with E-state index in [0.717, 1.165) is 33.6 Å². The number of benzene rings is 2. The zero-order valence-electron chi connectivity index (χ0n) is 26.3. The fraction of sp³-hybridized carbons (Fsp3) is 0.308. The standard InChI is InChI=1S/C19H19NO.C19H22O2.CH4/c1-13-9-10-15(14(11-13)12-20)16-7-5-6-8-17(18(16)21)19(2,3)4;1-13-10-11-14(17(12-13)21-5)15-8-6-7-9-16(18(15)20)19(2,3)4;/h5-11H,1-4H3;6-12H,1-5H3;1H4. The van der Waals surface area contributed by atoms with Gasteiger partial charge in [0.2, 0.25) is 0 Å². The van der Waals surface area contributed by atoms with Crippen molar-refractivity contribution in [3.05, 3.63) is 133 Å². The highest BCUT2D eigenvalue weighted by Gasteiger charge is 2.20. The van der Waals surface area contributed by atoms with Crippen molar-refractivity contribution in [1.82, 2.24) is 0 Å². The third-order valence-electron chi connectivity index (χ3n) is 7.10. The highest BCUT2D eigenvalue weighted by Crippen LogP contribution is 2.30. The van der Waals surface area contributed by atoms with Gasteiger partial charge in [0.15, 0.2) is 10.9 Å². The van der Waals surface area contributed by atoms with Crippen LogP contribution >= 0.6 is 0 Å². The molecule has 4 rings (SSSR count). The van der Waals surface area contributed by atoms with Crippen LogP contribution in [-0.4, -0.2) is 7.11 Å². The minimum absolute atomic E-state index is 0. The quantitative estimate of drug-likeness (QED) is 0.244. The summed E-state index contributed by atoms with van der Waals surface area (Å²) < 4.78 is 5.45. The maximum absolute atomic E-state index is 12.9. The van der Waals surface area contributed by atoms with Gasteiger partial charge in [-0.2, -0.15) is 5.26 Å². The molecule has 0 saturated heterocycles. The summed E-state index contributed by atoms with van der Waals surface area (Å²) in [5, 5.41) is 9.33. The monoisotopic (exact) mass is 575 g/mol. The number of hydrogen-bond donors (Lipinski definition) is 0. The van der Waals surface area contributed by atoms with E-state index in [1.54, 1.807) is 13.2 Å². The molecule has 0 bridgehead atoms. The number of hydrogen-bond acceptors (Lipinski definition) is 4. The normalized spacial score (nSPS) is 10.9. The Hall–Kier alpha value is -4.49. The van der Waals surface area contributed by atoms with Gasteiger partial charge in [-0.3, -0.25) is 9.59 Å². The second kappa shape index (κ2) is 14.1. The van der Waals surface area contributed by atoms with Crippen LogP contribution in [-0.2, 0) is 10.8 Å². The molecule has 0 N–H and O–H groups in total. The number of nitrogens with zero attached hydrogens (tertiary/aromatic N) is 1. The van der Waals surface area contributed by atoms with E-state index >= 15 is 0 Å². The van der Waals surface area contributed by atoms with Crippen molar-refractivity contribution >= 4 is 0 Å². The van der Waals surface area contributed by atoms with Crippen LogP contribution in [0.5, 0.6) is 5.75 Å². The van der Waals surface area contributed by atoms with Gasteiger partial charge in [-0.1, -0.05) is 122 Å². The fourth-order valence-corrected chi connectivity index (χ4v) is 4.81. The van der Waals surface area contributed by atoms with Crippen molar-refractivity contribution < 1.29 is 4.74 Å². The van der Waals surface area contributed by atoms with Crippen molar-refractivity contribution in [3.63, 3.8) is 0 Å². The Morgan fingerprint density at radius 3 is 1.47 bits per heavy atom. The molecule has 0 aliphatic carbocycles. The van der Waals surface area contributed by atoms with Crippen molar-refractivity contribution in [2.75, 3.05) is 7.11 Å². The Labute approximate surface area is 257 Å². The molecule has 0 aliphatic heterocycles. The maximum atomic E-state index is 12.9. The molecule has 4 aromatic carbocycles. The second-order valence-corrected chi connectivity index (χ2v) is 12.6. The highest BCUT2D eigenvalue weighted by molar-refractivity contribution is 5.72. The molecule has 0 heterocycles. The van der Waals surface area contributed by atoms with E-state index in [-0.39, 0.29) is 29.1 Å². The zero-order chi connectivity index (χ0) is 31.2. The number of aryl methyl sites for hydroxylation is 2. The van der Waals surface area contributed by atoms with E-state index in [9.17, 15) is 14.9 Å². The van der Waals surface area contributed by atoms with Crippen LogP contribution in [0.15, 0.2) is 94.5 Å². The van der Waals surface area contributed by atoms with E-state index in [4.69, 9.17) is 4.74 Å². The molecule has 0 radical (unpaired) electrons. The topological polar surface area (TPSA) is 67.2 Å². The number of rotatable bonds is 3.